The maximum absolute atomic E-state index is 12.5. The van der Waals surface area contributed by atoms with E-state index in [1.54, 1.807) is 44.8 Å². The number of ether oxygens (including phenoxy) is 3. The van der Waals surface area contributed by atoms with Crippen molar-refractivity contribution in [2.75, 3.05) is 39.4 Å². The number of nitrogens with one attached hydrogen (secondary N) is 2. The number of carbonyl (C=O) groups excluding carboxylic acids is 3. The zero-order valence-corrected chi connectivity index (χ0v) is 53.0. The highest BCUT2D eigenvalue weighted by atomic mass is 35.5. The zero-order chi connectivity index (χ0) is 60.6. The molecule has 0 saturated carbocycles. The smallest absolute Gasteiger partial charge is 0.411 e. The number of nitrogen functional groups attached to an aromatic ring is 1. The van der Waals surface area contributed by atoms with Gasteiger partial charge in [-0.15, -0.1) is 66.8 Å². The Bertz CT molecular complexity index is 3410. The number of rotatable bonds is 7. The molecule has 85 heavy (non-hydrogen) atoms. The Morgan fingerprint density at radius 3 is 1.55 bits per heavy atom. The molecular formula is C59H76ClN15O7S3. The third kappa shape index (κ3) is 18.0. The maximum Gasteiger partial charge on any atom is 0.411 e. The predicted octanol–water partition coefficient (Wildman–Crippen LogP) is 11.0. The molecular weight excluding hydrogens is 1160 g/mol. The van der Waals surface area contributed by atoms with Crippen LogP contribution in [0.25, 0.3) is 54.7 Å². The molecule has 3 atom stereocenters. The molecule has 3 aromatic carbocycles. The first kappa shape index (κ1) is 66.6. The van der Waals surface area contributed by atoms with Crippen molar-refractivity contribution in [3.8, 4) is 54.7 Å². The number of nitrogens with zero attached hydrogens (tertiary/aromatic N) is 12. The Morgan fingerprint density at radius 1 is 0.635 bits per heavy atom. The van der Waals surface area contributed by atoms with Gasteiger partial charge in [0, 0.05) is 72.2 Å². The van der Waals surface area contributed by atoms with Crippen LogP contribution >= 0.6 is 46.4 Å². The van der Waals surface area contributed by atoms with Crippen molar-refractivity contribution in [3.05, 3.63) is 124 Å². The minimum atomic E-state index is -0.526. The summed E-state index contributed by atoms with van der Waals surface area (Å²) < 4.78 is 20.5. The molecule has 8 heterocycles. The van der Waals surface area contributed by atoms with Crippen LogP contribution in [-0.2, 0) is 27.3 Å². The summed E-state index contributed by atoms with van der Waals surface area (Å²) in [6.07, 6.45) is -0.632. The van der Waals surface area contributed by atoms with Crippen molar-refractivity contribution < 1.29 is 33.7 Å². The highest BCUT2D eigenvalue weighted by Crippen LogP contribution is 2.34. The monoisotopic (exact) mass is 1240 g/mol. The van der Waals surface area contributed by atoms with Crippen LogP contribution < -0.4 is 16.6 Å². The minimum absolute atomic E-state index is 0. The quantitative estimate of drug-likeness (QED) is 0.0656. The molecule has 11 rings (SSSR count). The molecule has 3 aliphatic rings. The summed E-state index contributed by atoms with van der Waals surface area (Å²) in [4.78, 5) is 56.9. The lowest BCUT2D eigenvalue weighted by atomic mass is 10.2. The first-order chi connectivity index (χ1) is 40.2. The Balaban J connectivity index is 0.000000183. The molecule has 0 unspecified atom stereocenters. The molecule has 0 fully saturated rings. The van der Waals surface area contributed by atoms with Gasteiger partial charge in [0.25, 0.3) is 5.91 Å². The number of hydrogen-bond donors (Lipinski definition) is 4. The van der Waals surface area contributed by atoms with E-state index in [0.29, 0.717) is 44.4 Å². The lowest BCUT2D eigenvalue weighted by molar-refractivity contribution is 0.0120. The molecule has 0 spiro atoms. The van der Waals surface area contributed by atoms with Crippen LogP contribution in [0.2, 0.25) is 0 Å². The summed E-state index contributed by atoms with van der Waals surface area (Å²) in [6.45, 7) is 25.7. The molecule has 3 amide bonds. The summed E-state index contributed by atoms with van der Waals surface area (Å²) in [5.74, 6) is 8.62. The fourth-order valence-electron chi connectivity index (χ4n) is 8.63. The standard InChI is InChI=1S/C20H23N5O2S.C15H15N5S.C12H22N2O3.C10H9N3OS.C2H6O.ClH/c1-13-16-22-23-17(15-12-28-18(21-15)14-8-6-5-7-9-14)25(16)11-10-24(13)19(26)27-20(2,3)4;1-10-13-18-19-14(20(13)8-7-16-10)12-9-21-15(17-12)11-5-3-2-4-6-11;1-6-16-10-9(2)14(8-7-13-10)11(15)17-12(3,4)5;11-13-9(14)8-6-15-10(12-8)7-4-2-1-3-5-7;1-2-3;/h5-9,12-13H,10-11H2,1-4H3;2-6,9-10,16H,7-8H2,1H3;9H,6-8H2,1-5H3;1-6H,11H2,(H,13,14);3H,2H2,1H3;1H/t13-;10-;9-;;;/m111.../s1. The molecule has 3 aliphatic heterocycles. The third-order valence-corrected chi connectivity index (χ3v) is 15.2. The minimum Gasteiger partial charge on any atom is -0.480 e. The van der Waals surface area contributed by atoms with Gasteiger partial charge in [-0.2, -0.15) is 0 Å². The van der Waals surface area contributed by atoms with Crippen molar-refractivity contribution in [1.82, 2.24) is 65.0 Å². The van der Waals surface area contributed by atoms with E-state index in [0.717, 1.165) is 79.5 Å². The molecule has 5 aromatic heterocycles. The predicted molar refractivity (Wildman–Crippen MR) is 336 cm³/mol. The number of thiazole rings is 3. The van der Waals surface area contributed by atoms with Gasteiger partial charge in [-0.1, -0.05) is 91.0 Å². The summed E-state index contributed by atoms with van der Waals surface area (Å²) in [5, 5.41) is 36.9. The van der Waals surface area contributed by atoms with E-state index in [4.69, 9.17) is 35.1 Å². The number of hydrogen-bond acceptors (Lipinski definition) is 20. The van der Waals surface area contributed by atoms with E-state index >= 15 is 0 Å². The van der Waals surface area contributed by atoms with Crippen LogP contribution in [0.1, 0.15) is 110 Å². The third-order valence-electron chi connectivity index (χ3n) is 12.5. The first-order valence-corrected chi connectivity index (χ1v) is 30.3. The Morgan fingerprint density at radius 2 is 1.08 bits per heavy atom. The van der Waals surface area contributed by atoms with Crippen LogP contribution in [-0.4, -0.2) is 140 Å². The fourth-order valence-corrected chi connectivity index (χ4v) is 11.0. The molecule has 26 heteroatoms. The van der Waals surface area contributed by atoms with Gasteiger partial charge >= 0.3 is 12.2 Å². The second kappa shape index (κ2) is 31.0. The van der Waals surface area contributed by atoms with Crippen molar-refractivity contribution in [2.45, 2.75) is 119 Å². The van der Waals surface area contributed by atoms with E-state index in [2.05, 4.69) is 74.7 Å². The molecule has 5 N–H and O–H groups in total. The van der Waals surface area contributed by atoms with Crippen LogP contribution in [0.4, 0.5) is 9.59 Å². The van der Waals surface area contributed by atoms with Crippen LogP contribution in [0, 0.1) is 0 Å². The second-order valence-corrected chi connectivity index (χ2v) is 23.7. The van der Waals surface area contributed by atoms with Crippen molar-refractivity contribution in [1.29, 1.82) is 0 Å². The van der Waals surface area contributed by atoms with Gasteiger partial charge in [-0.25, -0.2) is 30.4 Å². The number of amides is 3. The molecule has 8 aromatic rings. The molecule has 0 bridgehead atoms. The average molecular weight is 1240 g/mol. The van der Waals surface area contributed by atoms with Gasteiger partial charge in [-0.3, -0.25) is 25.0 Å². The SMILES string of the molecule is CCO.CCOC1=NCCN(C(=O)OC(C)(C)C)[C@@H]1C.C[C@@H]1c2nnc(-c3csc(-c4ccccc4)n3)n2CCN1C(=O)OC(C)(C)C.C[C@H]1NCCn2c(-c3csc(-c4ccccc4)n3)nnc21.Cl.NNC(=O)c1csc(-c2ccccc2)n1. The van der Waals surface area contributed by atoms with Gasteiger partial charge < -0.3 is 33.8 Å². The fraction of sp³-hybridized carbons (Fsp3) is 0.407. The number of halogens is 1. The number of aromatic nitrogens is 9. The van der Waals surface area contributed by atoms with E-state index < -0.39 is 11.2 Å². The maximum atomic E-state index is 12.5. The summed E-state index contributed by atoms with van der Waals surface area (Å²) in [5.41, 5.74) is 6.34. The van der Waals surface area contributed by atoms with Gasteiger partial charge in [-0.05, 0) is 76.2 Å². The molecule has 454 valence electrons. The summed E-state index contributed by atoms with van der Waals surface area (Å²) in [6, 6.07) is 29.9. The molecule has 0 aliphatic carbocycles. The Kier molecular flexibility index (Phi) is 24.3. The van der Waals surface area contributed by atoms with Crippen LogP contribution in [0.3, 0.4) is 0 Å². The van der Waals surface area contributed by atoms with Crippen molar-refractivity contribution >= 4 is 70.4 Å². The largest absolute Gasteiger partial charge is 0.480 e. The van der Waals surface area contributed by atoms with Gasteiger partial charge in [0.15, 0.2) is 17.5 Å². The van der Waals surface area contributed by atoms with Gasteiger partial charge in [0.2, 0.25) is 5.90 Å². The van der Waals surface area contributed by atoms with Crippen LogP contribution in [0.15, 0.2) is 112 Å². The number of aliphatic hydroxyl groups excluding tert-OH is 1. The van der Waals surface area contributed by atoms with Gasteiger partial charge in [0.05, 0.1) is 25.2 Å². The van der Waals surface area contributed by atoms with Crippen molar-refractivity contribution in [3.63, 3.8) is 0 Å². The highest BCUT2D eigenvalue weighted by Gasteiger charge is 2.35. The highest BCUT2D eigenvalue weighted by molar-refractivity contribution is 7.14. The number of aliphatic hydroxyl groups is 1. The number of fused-ring (bicyclic) bond motifs is 2. The first-order valence-electron chi connectivity index (χ1n) is 27.6. The molecule has 0 saturated heterocycles. The van der Waals surface area contributed by atoms with Crippen molar-refractivity contribution in [2.24, 2.45) is 10.8 Å². The Hall–Kier alpha value is -7.52. The van der Waals surface area contributed by atoms with E-state index in [1.807, 2.05) is 147 Å². The number of benzene rings is 3. The number of hydrazine groups is 1. The average Bonchev–Trinajstić information content (AvgIpc) is 2.51. The number of aliphatic imine (C=N–C) groups is 1. The lowest BCUT2D eigenvalue weighted by Gasteiger charge is -2.34. The number of carbonyl (C=O) groups is 3. The lowest BCUT2D eigenvalue weighted by Crippen LogP contribution is -2.50. The molecule has 22 nitrogen and oxygen atoms in total. The second-order valence-electron chi connectivity index (χ2n) is 21.1. The molecule has 0 radical (unpaired) electrons. The Labute approximate surface area is 514 Å². The normalized spacial score (nSPS) is 16.0. The topological polar surface area (TPSA) is 268 Å². The van der Waals surface area contributed by atoms with E-state index in [9.17, 15) is 14.4 Å². The van der Waals surface area contributed by atoms with E-state index in [-0.39, 0.29) is 55.2 Å². The van der Waals surface area contributed by atoms with Gasteiger partial charge in [0.1, 0.15) is 55.2 Å². The summed E-state index contributed by atoms with van der Waals surface area (Å²) >= 11 is 4.65. The zero-order valence-electron chi connectivity index (χ0n) is 49.8. The summed E-state index contributed by atoms with van der Waals surface area (Å²) in [7, 11) is 0. The number of nitrogens with two attached hydrogens (primary N) is 1. The van der Waals surface area contributed by atoms with E-state index in [1.165, 1.54) is 11.3 Å². The van der Waals surface area contributed by atoms with Crippen LogP contribution in [0.5, 0.6) is 0 Å².